The van der Waals surface area contributed by atoms with Gasteiger partial charge in [-0.3, -0.25) is 4.79 Å². The van der Waals surface area contributed by atoms with Crippen molar-refractivity contribution in [3.63, 3.8) is 0 Å². The number of rotatable bonds is 4. The molecule has 1 amide bonds. The van der Waals surface area contributed by atoms with E-state index in [0.29, 0.717) is 18.9 Å². The van der Waals surface area contributed by atoms with Crippen LogP contribution in [0.15, 0.2) is 35.2 Å². The fourth-order valence-corrected chi connectivity index (χ4v) is 5.50. The normalized spacial score (nSPS) is 28.6. The SMILES string of the molecule is CC1CCCCC1NC(=O)C1CCCN1S(=O)(=O)c1ccccc1. The average Bonchev–Trinajstić information content (AvgIpc) is 3.08. The van der Waals surface area contributed by atoms with Gasteiger partial charge < -0.3 is 5.32 Å². The van der Waals surface area contributed by atoms with Gasteiger partial charge in [-0.15, -0.1) is 0 Å². The van der Waals surface area contributed by atoms with Gasteiger partial charge in [-0.25, -0.2) is 8.42 Å². The first-order valence-corrected chi connectivity index (χ1v) is 10.3. The van der Waals surface area contributed by atoms with E-state index in [1.54, 1.807) is 30.3 Å². The summed E-state index contributed by atoms with van der Waals surface area (Å²) in [5.41, 5.74) is 0. The second-order valence-corrected chi connectivity index (χ2v) is 8.85. The van der Waals surface area contributed by atoms with Gasteiger partial charge in [0.2, 0.25) is 15.9 Å². The van der Waals surface area contributed by atoms with Crippen molar-refractivity contribution in [1.82, 2.24) is 9.62 Å². The Hall–Kier alpha value is -1.40. The van der Waals surface area contributed by atoms with E-state index in [1.807, 2.05) is 0 Å². The lowest BCUT2D eigenvalue weighted by molar-refractivity contribution is -0.125. The van der Waals surface area contributed by atoms with E-state index in [4.69, 9.17) is 0 Å². The number of amides is 1. The first-order chi connectivity index (χ1) is 11.5. The van der Waals surface area contributed by atoms with Gasteiger partial charge in [-0.2, -0.15) is 4.31 Å². The summed E-state index contributed by atoms with van der Waals surface area (Å²) in [7, 11) is -3.61. The molecule has 3 atom stereocenters. The minimum atomic E-state index is -3.61. The van der Waals surface area contributed by atoms with Gasteiger partial charge in [0, 0.05) is 12.6 Å². The van der Waals surface area contributed by atoms with Crippen LogP contribution in [-0.4, -0.2) is 37.3 Å². The Balaban J connectivity index is 1.74. The van der Waals surface area contributed by atoms with E-state index in [2.05, 4.69) is 12.2 Å². The fourth-order valence-electron chi connectivity index (χ4n) is 3.83. The van der Waals surface area contributed by atoms with Crippen molar-refractivity contribution in [3.8, 4) is 0 Å². The largest absolute Gasteiger partial charge is 0.352 e. The van der Waals surface area contributed by atoms with E-state index in [9.17, 15) is 13.2 Å². The van der Waals surface area contributed by atoms with Crippen LogP contribution in [0.3, 0.4) is 0 Å². The molecule has 2 fully saturated rings. The zero-order valence-electron chi connectivity index (χ0n) is 14.1. The van der Waals surface area contributed by atoms with Crippen molar-refractivity contribution in [1.29, 1.82) is 0 Å². The molecule has 1 aromatic rings. The molecule has 1 heterocycles. The minimum absolute atomic E-state index is 0.134. The number of benzene rings is 1. The Morgan fingerprint density at radius 2 is 1.79 bits per heavy atom. The summed E-state index contributed by atoms with van der Waals surface area (Å²) >= 11 is 0. The second kappa shape index (κ2) is 7.23. The minimum Gasteiger partial charge on any atom is -0.352 e. The molecule has 2 aliphatic rings. The molecule has 3 unspecified atom stereocenters. The Labute approximate surface area is 144 Å². The van der Waals surface area contributed by atoms with Gasteiger partial charge in [-0.05, 0) is 43.7 Å². The molecule has 5 nitrogen and oxygen atoms in total. The molecule has 0 spiro atoms. The summed E-state index contributed by atoms with van der Waals surface area (Å²) in [6, 6.07) is 7.98. The van der Waals surface area contributed by atoms with E-state index >= 15 is 0 Å². The third kappa shape index (κ3) is 3.49. The number of hydrogen-bond donors (Lipinski definition) is 1. The zero-order chi connectivity index (χ0) is 17.2. The highest BCUT2D eigenvalue weighted by Crippen LogP contribution is 2.28. The lowest BCUT2D eigenvalue weighted by Crippen LogP contribution is -2.50. The third-order valence-corrected chi connectivity index (χ3v) is 7.22. The van der Waals surface area contributed by atoms with Crippen molar-refractivity contribution >= 4 is 15.9 Å². The van der Waals surface area contributed by atoms with Crippen LogP contribution < -0.4 is 5.32 Å². The first-order valence-electron chi connectivity index (χ1n) is 8.87. The molecule has 24 heavy (non-hydrogen) atoms. The molecule has 1 saturated heterocycles. The summed E-state index contributed by atoms with van der Waals surface area (Å²) < 4.78 is 27.1. The second-order valence-electron chi connectivity index (χ2n) is 6.96. The smallest absolute Gasteiger partial charge is 0.243 e. The number of nitrogens with one attached hydrogen (secondary N) is 1. The first kappa shape index (κ1) is 17.4. The molecule has 1 N–H and O–H groups in total. The summed E-state index contributed by atoms with van der Waals surface area (Å²) in [4.78, 5) is 13.0. The number of carbonyl (C=O) groups is 1. The van der Waals surface area contributed by atoms with Crippen LogP contribution in [0.2, 0.25) is 0 Å². The van der Waals surface area contributed by atoms with Gasteiger partial charge in [0.15, 0.2) is 0 Å². The molecule has 1 aliphatic heterocycles. The number of carbonyl (C=O) groups excluding carboxylic acids is 1. The summed E-state index contributed by atoms with van der Waals surface area (Å²) in [5, 5.41) is 3.12. The summed E-state index contributed by atoms with van der Waals surface area (Å²) in [6.07, 6.45) is 5.79. The van der Waals surface area contributed by atoms with E-state index in [-0.39, 0.29) is 16.8 Å². The molecule has 132 valence electrons. The molecular weight excluding hydrogens is 324 g/mol. The monoisotopic (exact) mass is 350 g/mol. The van der Waals surface area contributed by atoms with Crippen molar-refractivity contribution in [2.75, 3.05) is 6.54 Å². The van der Waals surface area contributed by atoms with Crippen LogP contribution in [0.5, 0.6) is 0 Å². The molecule has 1 aromatic carbocycles. The Morgan fingerprint density at radius 3 is 2.50 bits per heavy atom. The zero-order valence-corrected chi connectivity index (χ0v) is 15.0. The van der Waals surface area contributed by atoms with Gasteiger partial charge in [0.1, 0.15) is 6.04 Å². The number of hydrogen-bond acceptors (Lipinski definition) is 3. The molecule has 1 saturated carbocycles. The van der Waals surface area contributed by atoms with Gasteiger partial charge in [0.25, 0.3) is 0 Å². The quantitative estimate of drug-likeness (QED) is 0.907. The standard InChI is InChI=1S/C18H26N2O3S/c1-14-8-5-6-11-16(14)19-18(21)17-12-7-13-20(17)24(22,23)15-9-3-2-4-10-15/h2-4,9-10,14,16-17H,5-8,11-13H2,1H3,(H,19,21). The maximum absolute atomic E-state index is 12.9. The molecule has 0 bridgehead atoms. The van der Waals surface area contributed by atoms with Crippen molar-refractivity contribution in [2.24, 2.45) is 5.92 Å². The molecule has 0 aromatic heterocycles. The average molecular weight is 350 g/mol. The maximum Gasteiger partial charge on any atom is 0.243 e. The van der Waals surface area contributed by atoms with Crippen molar-refractivity contribution < 1.29 is 13.2 Å². The number of nitrogens with zero attached hydrogens (tertiary/aromatic N) is 1. The van der Waals surface area contributed by atoms with Gasteiger partial charge in [-0.1, -0.05) is 38.0 Å². The maximum atomic E-state index is 12.9. The summed E-state index contributed by atoms with van der Waals surface area (Å²) in [5.74, 6) is 0.328. The highest BCUT2D eigenvalue weighted by molar-refractivity contribution is 7.89. The van der Waals surface area contributed by atoms with Crippen LogP contribution >= 0.6 is 0 Å². The third-order valence-electron chi connectivity index (χ3n) is 5.30. The van der Waals surface area contributed by atoms with Crippen LogP contribution in [0, 0.1) is 5.92 Å². The van der Waals surface area contributed by atoms with Crippen LogP contribution in [0.1, 0.15) is 45.4 Å². The Bertz CT molecular complexity index is 675. The topological polar surface area (TPSA) is 66.5 Å². The van der Waals surface area contributed by atoms with Gasteiger partial charge in [0.05, 0.1) is 4.90 Å². The van der Waals surface area contributed by atoms with Gasteiger partial charge >= 0.3 is 0 Å². The summed E-state index contributed by atoms with van der Waals surface area (Å²) in [6.45, 7) is 2.58. The Morgan fingerprint density at radius 1 is 1.08 bits per heavy atom. The van der Waals surface area contributed by atoms with Crippen LogP contribution in [0.25, 0.3) is 0 Å². The highest BCUT2D eigenvalue weighted by Gasteiger charge is 2.40. The lowest BCUT2D eigenvalue weighted by Gasteiger charge is -2.32. The van der Waals surface area contributed by atoms with Crippen LogP contribution in [-0.2, 0) is 14.8 Å². The highest BCUT2D eigenvalue weighted by atomic mass is 32.2. The molecule has 1 aliphatic carbocycles. The Kier molecular flexibility index (Phi) is 5.25. The molecule has 0 radical (unpaired) electrons. The predicted octanol–water partition coefficient (Wildman–Crippen LogP) is 2.53. The fraction of sp³-hybridized carbons (Fsp3) is 0.611. The number of sulfonamides is 1. The van der Waals surface area contributed by atoms with Crippen molar-refractivity contribution in [2.45, 2.75) is 62.4 Å². The van der Waals surface area contributed by atoms with E-state index in [1.165, 1.54) is 10.7 Å². The van der Waals surface area contributed by atoms with Crippen molar-refractivity contribution in [3.05, 3.63) is 30.3 Å². The lowest BCUT2D eigenvalue weighted by atomic mass is 9.86. The predicted molar refractivity (Wildman–Crippen MR) is 92.9 cm³/mol. The van der Waals surface area contributed by atoms with Crippen LogP contribution in [0.4, 0.5) is 0 Å². The van der Waals surface area contributed by atoms with E-state index in [0.717, 1.165) is 25.7 Å². The molecule has 6 heteroatoms. The molecular formula is C18H26N2O3S. The molecule has 3 rings (SSSR count). The van der Waals surface area contributed by atoms with E-state index < -0.39 is 16.1 Å².